The number of benzene rings is 2. The Bertz CT molecular complexity index is 892. The summed E-state index contributed by atoms with van der Waals surface area (Å²) in [6.07, 6.45) is -3.82. The predicted molar refractivity (Wildman–Crippen MR) is 99.5 cm³/mol. The minimum absolute atomic E-state index is 0.0117. The molecule has 0 unspecified atom stereocenters. The summed E-state index contributed by atoms with van der Waals surface area (Å²) in [6, 6.07) is 7.61. The van der Waals surface area contributed by atoms with Crippen LogP contribution < -0.4 is 10.6 Å². The molecule has 0 aliphatic heterocycles. The van der Waals surface area contributed by atoms with Gasteiger partial charge in [0.25, 0.3) is 5.91 Å². The smallest absolute Gasteiger partial charge is 0.308 e. The van der Waals surface area contributed by atoms with Gasteiger partial charge < -0.3 is 5.32 Å². The van der Waals surface area contributed by atoms with Gasteiger partial charge >= 0.3 is 12.2 Å². The van der Waals surface area contributed by atoms with Crippen molar-refractivity contribution in [2.45, 2.75) is 6.18 Å². The first-order valence-electron chi connectivity index (χ1n) is 7.18. The van der Waals surface area contributed by atoms with E-state index in [1.54, 1.807) is 12.1 Å². The zero-order valence-corrected chi connectivity index (χ0v) is 15.5. The van der Waals surface area contributed by atoms with Gasteiger partial charge in [0, 0.05) is 17.3 Å². The fourth-order valence-electron chi connectivity index (χ4n) is 1.97. The summed E-state index contributed by atoms with van der Waals surface area (Å²) in [7, 11) is 0. The molecule has 0 atom stereocenters. The van der Waals surface area contributed by atoms with Crippen LogP contribution in [0.5, 0.6) is 0 Å². The van der Waals surface area contributed by atoms with Crippen molar-refractivity contribution in [1.29, 1.82) is 0 Å². The average Bonchev–Trinajstić information content (AvgIpc) is 2.53. The molecule has 3 amide bonds. The van der Waals surface area contributed by atoms with E-state index in [0.717, 1.165) is 6.08 Å². The molecule has 0 fully saturated rings. The number of amides is 3. The lowest BCUT2D eigenvalue weighted by Gasteiger charge is -2.10. The second kappa shape index (κ2) is 8.65. The summed E-state index contributed by atoms with van der Waals surface area (Å²) in [5.74, 6) is -0.736. The Balaban J connectivity index is 2.11. The summed E-state index contributed by atoms with van der Waals surface area (Å²) in [6.45, 7) is 0. The lowest BCUT2D eigenvalue weighted by molar-refractivity contribution is -0.0790. The summed E-state index contributed by atoms with van der Waals surface area (Å²) in [5.41, 5.74) is 0.116. The van der Waals surface area contributed by atoms with E-state index >= 15 is 0 Å². The first-order valence-corrected chi connectivity index (χ1v) is 8.32. The van der Waals surface area contributed by atoms with Crippen LogP contribution >= 0.6 is 34.8 Å². The summed E-state index contributed by atoms with van der Waals surface area (Å²) >= 11 is 17.7. The van der Waals surface area contributed by atoms with Crippen molar-refractivity contribution < 1.29 is 22.8 Å². The van der Waals surface area contributed by atoms with Crippen molar-refractivity contribution >= 4 is 58.5 Å². The molecule has 0 aliphatic carbocycles. The van der Waals surface area contributed by atoms with Crippen molar-refractivity contribution in [1.82, 2.24) is 5.32 Å². The number of carbonyl (C=O) groups is 2. The highest BCUT2D eigenvalue weighted by Crippen LogP contribution is 2.31. The van der Waals surface area contributed by atoms with Crippen LogP contribution in [0.4, 0.5) is 23.7 Å². The van der Waals surface area contributed by atoms with Crippen molar-refractivity contribution in [2.24, 2.45) is 0 Å². The molecule has 27 heavy (non-hydrogen) atoms. The normalized spacial score (nSPS) is 11.5. The zero-order chi connectivity index (χ0) is 20.2. The number of carbonyl (C=O) groups excluding carboxylic acids is 2. The van der Waals surface area contributed by atoms with Gasteiger partial charge in [0.2, 0.25) is 0 Å². The molecule has 142 valence electrons. The van der Waals surface area contributed by atoms with Gasteiger partial charge in [-0.15, -0.1) is 0 Å². The molecule has 0 saturated heterocycles. The van der Waals surface area contributed by atoms with Crippen LogP contribution in [0.15, 0.2) is 42.5 Å². The van der Waals surface area contributed by atoms with E-state index in [1.165, 1.54) is 24.3 Å². The molecule has 0 spiro atoms. The highest BCUT2D eigenvalue weighted by atomic mass is 35.5. The number of allylic oxidation sites excluding steroid dienone is 1. The summed E-state index contributed by atoms with van der Waals surface area (Å²) in [4.78, 5) is 23.9. The largest absolute Gasteiger partial charge is 0.409 e. The van der Waals surface area contributed by atoms with E-state index < -0.39 is 18.1 Å². The average molecular weight is 438 g/mol. The first kappa shape index (κ1) is 21.1. The number of imide groups is 1. The Kier molecular flexibility index (Phi) is 6.75. The maximum absolute atomic E-state index is 12.3. The molecule has 0 aromatic heterocycles. The van der Waals surface area contributed by atoms with E-state index in [-0.39, 0.29) is 38.0 Å². The monoisotopic (exact) mass is 436 g/mol. The fraction of sp³-hybridized carbons (Fsp3) is 0.0588. The van der Waals surface area contributed by atoms with Crippen LogP contribution in [-0.2, 0) is 0 Å². The van der Waals surface area contributed by atoms with Crippen LogP contribution in [0.25, 0.3) is 6.08 Å². The number of hydrogen-bond acceptors (Lipinski definition) is 2. The fourth-order valence-corrected chi connectivity index (χ4v) is 2.81. The summed E-state index contributed by atoms with van der Waals surface area (Å²) < 4.78 is 36.8. The Morgan fingerprint density at radius 1 is 0.963 bits per heavy atom. The van der Waals surface area contributed by atoms with E-state index in [1.807, 2.05) is 0 Å². The van der Waals surface area contributed by atoms with Gasteiger partial charge in [-0.25, -0.2) is 4.79 Å². The van der Waals surface area contributed by atoms with Gasteiger partial charge in [-0.05, 0) is 30.3 Å². The van der Waals surface area contributed by atoms with Crippen LogP contribution in [0.1, 0.15) is 15.9 Å². The molecule has 2 aromatic carbocycles. The SMILES string of the molecule is O=C(NC(=O)c1ccccc1Cl)Nc1cc(Cl)c(/C=C/C(F)(F)F)c(Cl)c1. The molecule has 2 aromatic rings. The van der Waals surface area contributed by atoms with Gasteiger partial charge in [-0.3, -0.25) is 10.1 Å². The maximum atomic E-state index is 12.3. The molecule has 4 nitrogen and oxygen atoms in total. The van der Waals surface area contributed by atoms with Gasteiger partial charge in [0.15, 0.2) is 0 Å². The van der Waals surface area contributed by atoms with E-state index in [9.17, 15) is 22.8 Å². The molecule has 0 bridgehead atoms. The molecule has 0 saturated carbocycles. The van der Waals surface area contributed by atoms with Crippen LogP contribution in [0.3, 0.4) is 0 Å². The minimum atomic E-state index is -4.53. The Morgan fingerprint density at radius 2 is 1.56 bits per heavy atom. The number of hydrogen-bond donors (Lipinski definition) is 2. The second-order valence-corrected chi connectivity index (χ2v) is 6.34. The highest BCUT2D eigenvalue weighted by Gasteiger charge is 2.22. The lowest BCUT2D eigenvalue weighted by Crippen LogP contribution is -2.34. The molecule has 0 heterocycles. The Morgan fingerprint density at radius 3 is 2.11 bits per heavy atom. The third-order valence-corrected chi connectivity index (χ3v) is 4.08. The first-order chi connectivity index (χ1) is 12.6. The number of halogens is 6. The third kappa shape index (κ3) is 6.16. The van der Waals surface area contributed by atoms with Crippen molar-refractivity contribution in [3.05, 3.63) is 68.7 Å². The van der Waals surface area contributed by atoms with Gasteiger partial charge in [0.1, 0.15) is 0 Å². The van der Waals surface area contributed by atoms with E-state index in [4.69, 9.17) is 34.8 Å². The number of rotatable bonds is 3. The zero-order valence-electron chi connectivity index (χ0n) is 13.2. The van der Waals surface area contributed by atoms with Crippen LogP contribution in [0, 0.1) is 0 Å². The van der Waals surface area contributed by atoms with Crippen molar-refractivity contribution in [3.8, 4) is 0 Å². The summed E-state index contributed by atoms with van der Waals surface area (Å²) in [5, 5.41) is 4.31. The van der Waals surface area contributed by atoms with Crippen LogP contribution in [-0.4, -0.2) is 18.1 Å². The van der Waals surface area contributed by atoms with Gasteiger partial charge in [0.05, 0.1) is 20.6 Å². The molecule has 2 N–H and O–H groups in total. The topological polar surface area (TPSA) is 58.2 Å². The minimum Gasteiger partial charge on any atom is -0.308 e. The molecular formula is C17H10Cl3F3N2O2. The third-order valence-electron chi connectivity index (χ3n) is 3.12. The quantitative estimate of drug-likeness (QED) is 0.602. The van der Waals surface area contributed by atoms with Crippen LogP contribution in [0.2, 0.25) is 15.1 Å². The lowest BCUT2D eigenvalue weighted by atomic mass is 10.2. The number of anilines is 1. The molecule has 0 aliphatic rings. The molecular weight excluding hydrogens is 428 g/mol. The number of urea groups is 1. The Labute approximate surface area is 166 Å². The standard InChI is InChI=1S/C17H10Cl3F3N2O2/c18-12-4-2-1-3-11(12)15(26)25-16(27)24-9-7-13(19)10(14(20)8-9)5-6-17(21,22)23/h1-8H,(H2,24,25,26,27)/b6-5+. The predicted octanol–water partition coefficient (Wildman–Crippen LogP) is 6.18. The van der Waals surface area contributed by atoms with E-state index in [2.05, 4.69) is 10.6 Å². The van der Waals surface area contributed by atoms with Crippen molar-refractivity contribution in [2.75, 3.05) is 5.32 Å². The van der Waals surface area contributed by atoms with Gasteiger partial charge in [-0.1, -0.05) is 46.9 Å². The van der Waals surface area contributed by atoms with Crippen molar-refractivity contribution in [3.63, 3.8) is 0 Å². The molecule has 0 radical (unpaired) electrons. The Hall–Kier alpha value is -2.22. The maximum Gasteiger partial charge on any atom is 0.409 e. The number of alkyl halides is 3. The molecule has 2 rings (SSSR count). The second-order valence-electron chi connectivity index (χ2n) is 5.12. The van der Waals surface area contributed by atoms with Gasteiger partial charge in [-0.2, -0.15) is 13.2 Å². The number of nitrogens with one attached hydrogen (secondary N) is 2. The van der Waals surface area contributed by atoms with E-state index in [0.29, 0.717) is 0 Å². The molecule has 10 heteroatoms. The highest BCUT2D eigenvalue weighted by molar-refractivity contribution is 6.37.